The molecule has 1 N–H and O–H groups in total. The maximum absolute atomic E-state index is 14.1. The summed E-state index contributed by atoms with van der Waals surface area (Å²) in [7, 11) is 0. The van der Waals surface area contributed by atoms with Crippen LogP contribution in [0, 0.1) is 6.92 Å². The number of H-pyrrole nitrogens is 1. The summed E-state index contributed by atoms with van der Waals surface area (Å²) in [5, 5.41) is 1.04. The van der Waals surface area contributed by atoms with Crippen molar-refractivity contribution in [1.29, 1.82) is 0 Å². The third-order valence-corrected chi connectivity index (χ3v) is 9.61. The number of benzene rings is 1. The summed E-state index contributed by atoms with van der Waals surface area (Å²) < 4.78 is 12.4. The molecule has 5 aliphatic rings. The minimum absolute atomic E-state index is 0.102. The van der Waals surface area contributed by atoms with E-state index in [1.807, 2.05) is 0 Å². The van der Waals surface area contributed by atoms with Gasteiger partial charge in [0.15, 0.2) is 5.78 Å². The molecule has 3 heterocycles. The highest BCUT2D eigenvalue weighted by molar-refractivity contribution is 6.19. The number of allylic oxidation sites excluding steroid dienone is 2. The van der Waals surface area contributed by atoms with Gasteiger partial charge in [0.25, 0.3) is 0 Å². The highest BCUT2D eigenvalue weighted by Crippen LogP contribution is 2.48. The predicted molar refractivity (Wildman–Crippen MR) is 145 cm³/mol. The van der Waals surface area contributed by atoms with Crippen molar-refractivity contribution < 1.29 is 14.3 Å². The fourth-order valence-electron chi connectivity index (χ4n) is 7.16. The van der Waals surface area contributed by atoms with E-state index in [9.17, 15) is 4.79 Å². The highest BCUT2D eigenvalue weighted by atomic mass is 16.6. The second-order valence-corrected chi connectivity index (χ2v) is 12.3. The van der Waals surface area contributed by atoms with Gasteiger partial charge in [0, 0.05) is 78.5 Å². The minimum atomic E-state index is -0.286. The molecule has 2 unspecified atom stereocenters. The summed E-state index contributed by atoms with van der Waals surface area (Å²) in [5.74, 6) is 0.167. The third kappa shape index (κ3) is 3.83. The van der Waals surface area contributed by atoms with Crippen LogP contribution in [0.5, 0.6) is 0 Å². The van der Waals surface area contributed by atoms with Crippen molar-refractivity contribution in [1.82, 2.24) is 14.8 Å². The molecule has 0 amide bonds. The van der Waals surface area contributed by atoms with E-state index < -0.39 is 0 Å². The van der Waals surface area contributed by atoms with E-state index in [4.69, 9.17) is 9.47 Å². The molecule has 0 spiro atoms. The van der Waals surface area contributed by atoms with Gasteiger partial charge in [-0.3, -0.25) is 9.69 Å². The largest absolute Gasteiger partial charge is 0.379 e. The van der Waals surface area contributed by atoms with Gasteiger partial charge >= 0.3 is 0 Å². The van der Waals surface area contributed by atoms with Crippen molar-refractivity contribution in [2.45, 2.75) is 76.5 Å². The molecule has 2 aromatic rings. The highest BCUT2D eigenvalue weighted by Gasteiger charge is 2.45. The van der Waals surface area contributed by atoms with Crippen molar-refractivity contribution in [3.63, 3.8) is 0 Å². The van der Waals surface area contributed by atoms with Crippen LogP contribution in [-0.4, -0.2) is 78.2 Å². The lowest BCUT2D eigenvalue weighted by Crippen LogP contribution is -2.53. The van der Waals surface area contributed by atoms with E-state index in [-0.39, 0.29) is 23.4 Å². The van der Waals surface area contributed by atoms with Crippen molar-refractivity contribution in [3.05, 3.63) is 57.9 Å². The van der Waals surface area contributed by atoms with Crippen LogP contribution >= 0.6 is 0 Å². The number of carbonyl (C=O) groups excluding carboxylic acids is 1. The molecule has 3 fully saturated rings. The zero-order chi connectivity index (χ0) is 25.3. The first-order valence-corrected chi connectivity index (χ1v) is 14.2. The Hall–Kier alpha value is -2.41. The SMILES string of the molecule is Cc1ccc2c3c([nH]c2c1)C(C)(C)C1=C(CC(OC2CCOC2)C(N2CCN(C4CCC4)CC2)=C1)C3=O. The molecule has 1 saturated carbocycles. The molecule has 6 heteroatoms. The minimum Gasteiger partial charge on any atom is -0.379 e. The normalized spacial score (nSPS) is 28.4. The number of hydrogen-bond acceptors (Lipinski definition) is 5. The monoisotopic (exact) mass is 501 g/mol. The third-order valence-electron chi connectivity index (χ3n) is 9.61. The number of hydrogen-bond donors (Lipinski definition) is 1. The van der Waals surface area contributed by atoms with E-state index in [1.165, 1.54) is 30.5 Å². The van der Waals surface area contributed by atoms with Gasteiger partial charge in [0.2, 0.25) is 0 Å². The van der Waals surface area contributed by atoms with Gasteiger partial charge in [-0.2, -0.15) is 0 Å². The lowest BCUT2D eigenvalue weighted by Gasteiger charge is -2.47. The average molecular weight is 502 g/mol. The quantitative estimate of drug-likeness (QED) is 0.647. The van der Waals surface area contributed by atoms with Crippen molar-refractivity contribution in [3.8, 4) is 0 Å². The number of ether oxygens (including phenoxy) is 2. The number of Topliss-reactive ketones (excluding diaryl/α,β-unsaturated/α-hetero) is 1. The van der Waals surface area contributed by atoms with Gasteiger partial charge in [0.1, 0.15) is 6.10 Å². The molecule has 0 bridgehead atoms. The summed E-state index contributed by atoms with van der Waals surface area (Å²) in [6, 6.07) is 7.16. The van der Waals surface area contributed by atoms with Gasteiger partial charge in [-0.25, -0.2) is 0 Å². The number of aryl methyl sites for hydroxylation is 1. The summed E-state index contributed by atoms with van der Waals surface area (Å²) in [5.41, 5.74) is 7.22. The average Bonchev–Trinajstić information content (AvgIpc) is 3.50. The molecule has 2 aliphatic heterocycles. The van der Waals surface area contributed by atoms with E-state index >= 15 is 0 Å². The van der Waals surface area contributed by atoms with Crippen LogP contribution < -0.4 is 0 Å². The molecule has 37 heavy (non-hydrogen) atoms. The van der Waals surface area contributed by atoms with Gasteiger partial charge < -0.3 is 19.4 Å². The smallest absolute Gasteiger partial charge is 0.191 e. The van der Waals surface area contributed by atoms with Crippen LogP contribution in [0.2, 0.25) is 0 Å². The van der Waals surface area contributed by atoms with E-state index in [2.05, 4.69) is 59.8 Å². The maximum Gasteiger partial charge on any atom is 0.191 e. The van der Waals surface area contributed by atoms with Crippen LogP contribution in [0.1, 0.15) is 67.6 Å². The summed E-state index contributed by atoms with van der Waals surface area (Å²) in [6.45, 7) is 12.3. The van der Waals surface area contributed by atoms with Crippen molar-refractivity contribution in [2.75, 3.05) is 39.4 Å². The van der Waals surface area contributed by atoms with Crippen LogP contribution in [0.3, 0.4) is 0 Å². The number of ketones is 1. The second-order valence-electron chi connectivity index (χ2n) is 12.3. The van der Waals surface area contributed by atoms with Crippen LogP contribution in [-0.2, 0) is 14.9 Å². The van der Waals surface area contributed by atoms with Crippen molar-refractivity contribution in [2.24, 2.45) is 0 Å². The molecule has 0 radical (unpaired) electrons. The Labute approximate surface area is 219 Å². The molecular weight excluding hydrogens is 462 g/mol. The van der Waals surface area contributed by atoms with Gasteiger partial charge in [-0.1, -0.05) is 32.4 Å². The maximum atomic E-state index is 14.1. The van der Waals surface area contributed by atoms with Crippen LogP contribution in [0.4, 0.5) is 0 Å². The number of aromatic amines is 1. The van der Waals surface area contributed by atoms with Crippen LogP contribution in [0.15, 0.2) is 41.1 Å². The Morgan fingerprint density at radius 2 is 1.92 bits per heavy atom. The molecular formula is C31H39N3O3. The van der Waals surface area contributed by atoms with Crippen molar-refractivity contribution >= 4 is 16.7 Å². The second kappa shape index (κ2) is 8.82. The zero-order valence-corrected chi connectivity index (χ0v) is 22.4. The Morgan fingerprint density at radius 1 is 1.11 bits per heavy atom. The summed E-state index contributed by atoms with van der Waals surface area (Å²) in [4.78, 5) is 23.0. The summed E-state index contributed by atoms with van der Waals surface area (Å²) >= 11 is 0. The molecule has 1 aromatic heterocycles. The van der Waals surface area contributed by atoms with E-state index in [0.717, 1.165) is 78.6 Å². The number of carbonyl (C=O) groups is 1. The lowest BCUT2D eigenvalue weighted by atomic mass is 9.68. The number of nitrogens with zero attached hydrogens (tertiary/aromatic N) is 2. The van der Waals surface area contributed by atoms with Crippen LogP contribution in [0.25, 0.3) is 10.9 Å². The Kier molecular flexibility index (Phi) is 5.65. The Morgan fingerprint density at radius 3 is 2.62 bits per heavy atom. The predicted octanol–water partition coefficient (Wildman–Crippen LogP) is 4.88. The van der Waals surface area contributed by atoms with E-state index in [1.54, 1.807) is 0 Å². The topological polar surface area (TPSA) is 57.8 Å². The molecule has 6 nitrogen and oxygen atoms in total. The first kappa shape index (κ1) is 23.7. The molecule has 2 atom stereocenters. The first-order valence-electron chi connectivity index (χ1n) is 14.2. The fourth-order valence-corrected chi connectivity index (χ4v) is 7.16. The Balaban J connectivity index is 1.26. The fraction of sp³-hybridized carbons (Fsp3) is 0.581. The Bertz CT molecular complexity index is 1300. The molecule has 7 rings (SSSR count). The summed E-state index contributed by atoms with van der Waals surface area (Å²) in [6.07, 6.45) is 7.99. The molecule has 3 aliphatic carbocycles. The number of rotatable bonds is 4. The molecule has 196 valence electrons. The van der Waals surface area contributed by atoms with Gasteiger partial charge in [-0.15, -0.1) is 0 Å². The number of nitrogens with one attached hydrogen (secondary N) is 1. The first-order chi connectivity index (χ1) is 17.9. The van der Waals surface area contributed by atoms with Gasteiger partial charge in [-0.05, 0) is 49.5 Å². The molecule has 1 aromatic carbocycles. The standard InChI is InChI=1S/C31H39N3O3/c1-19-7-8-22-25(15-19)32-30-28(22)29(35)23-16-27(37-21-9-14-36-18-21)26(17-24(23)31(30,2)3)34-12-10-33(11-13-34)20-5-4-6-20/h7-8,15,17,20-21,27,32H,4-6,9-14,16,18H2,1-3H3. The van der Waals surface area contributed by atoms with E-state index in [0.29, 0.717) is 13.0 Å². The number of piperazine rings is 1. The zero-order valence-electron chi connectivity index (χ0n) is 22.4. The molecule has 2 saturated heterocycles. The number of fused-ring (bicyclic) bond motifs is 3. The van der Waals surface area contributed by atoms with Gasteiger partial charge in [0.05, 0.1) is 18.3 Å². The lowest BCUT2D eigenvalue weighted by molar-refractivity contribution is -0.0179. The number of aromatic nitrogens is 1.